The second kappa shape index (κ2) is 24.0. The van der Waals surface area contributed by atoms with E-state index in [9.17, 15) is 4.79 Å². The highest BCUT2D eigenvalue weighted by molar-refractivity contribution is 6.13. The van der Waals surface area contributed by atoms with Gasteiger partial charge in [0.15, 0.2) is 5.78 Å². The number of fused-ring (bicyclic) bond motifs is 14. The third-order valence-corrected chi connectivity index (χ3v) is 28.5. The van der Waals surface area contributed by atoms with Crippen LogP contribution in [0.2, 0.25) is 0 Å². The maximum absolute atomic E-state index is 12.4. The molecule has 13 fully saturated rings. The Morgan fingerprint density at radius 2 is 0.849 bits per heavy atom. The SMILES string of the molecule is C.C=C1c2cccc3cccc(c23)C1(C)C.CC1(C)C2CC3CC(C2)CC1C3.CC1(C)CC2CC1C1CCCC21.CC1(C)CC2CC1C1CCCC21.CC1(C)CC2CCC1C2.CC1(C)CCCCC1.CC1(C)c2ccccc2C(=O)c2ccccc21. The van der Waals surface area contributed by atoms with Gasteiger partial charge in [0.25, 0.3) is 0 Å². The van der Waals surface area contributed by atoms with Gasteiger partial charge in [-0.1, -0.05) is 234 Å². The van der Waals surface area contributed by atoms with E-state index in [1.807, 2.05) is 36.4 Å². The highest BCUT2D eigenvalue weighted by Crippen LogP contribution is 2.67. The van der Waals surface area contributed by atoms with Crippen molar-refractivity contribution < 1.29 is 4.79 Å². The first-order chi connectivity index (χ1) is 40.2. The summed E-state index contributed by atoms with van der Waals surface area (Å²) >= 11 is 0. The van der Waals surface area contributed by atoms with E-state index in [1.54, 1.807) is 103 Å². The van der Waals surface area contributed by atoms with Crippen molar-refractivity contribution in [2.75, 3.05) is 0 Å². The van der Waals surface area contributed by atoms with Crippen LogP contribution in [-0.2, 0) is 10.8 Å². The fourth-order valence-corrected chi connectivity index (χ4v) is 23.6. The van der Waals surface area contributed by atoms with E-state index in [0.717, 1.165) is 93.3 Å². The van der Waals surface area contributed by atoms with Crippen LogP contribution >= 0.6 is 0 Å². The summed E-state index contributed by atoms with van der Waals surface area (Å²) in [6.07, 6.45) is 36.9. The minimum Gasteiger partial charge on any atom is -0.289 e. The molecular formula is C85H124O. The molecule has 0 aromatic heterocycles. The Balaban J connectivity index is 0.000000105. The molecule has 470 valence electrons. The average Bonchev–Trinajstić information content (AvgIpc) is 1.21. The van der Waals surface area contributed by atoms with E-state index < -0.39 is 0 Å². The molecule has 10 atom stereocenters. The molecule has 1 heteroatoms. The number of rotatable bonds is 0. The summed E-state index contributed by atoms with van der Waals surface area (Å²) in [4.78, 5) is 12.4. The number of allylic oxidation sites excluding steroid dienone is 1. The average molecular weight is 1160 g/mol. The number of carbonyl (C=O) groups excluding carboxylic acids is 1. The molecule has 19 rings (SSSR count). The zero-order chi connectivity index (χ0) is 60.2. The van der Waals surface area contributed by atoms with E-state index in [0.29, 0.717) is 27.1 Å². The lowest BCUT2D eigenvalue weighted by atomic mass is 9.46. The van der Waals surface area contributed by atoms with E-state index >= 15 is 0 Å². The molecule has 0 saturated heterocycles. The monoisotopic (exact) mass is 1160 g/mol. The van der Waals surface area contributed by atoms with E-state index in [-0.39, 0.29) is 24.0 Å². The van der Waals surface area contributed by atoms with Crippen molar-refractivity contribution >= 4 is 22.1 Å². The molecule has 15 aliphatic carbocycles. The second-order valence-electron chi connectivity index (χ2n) is 36.4. The summed E-state index contributed by atoms with van der Waals surface area (Å²) in [6.45, 7) is 37.8. The Labute approximate surface area is 528 Å². The first-order valence-electron chi connectivity index (χ1n) is 36.1. The lowest BCUT2D eigenvalue weighted by Crippen LogP contribution is -2.49. The summed E-state index contributed by atoms with van der Waals surface area (Å²) in [5.74, 6) is 15.9. The Morgan fingerprint density at radius 1 is 0.395 bits per heavy atom. The largest absolute Gasteiger partial charge is 0.289 e. The molecule has 0 radical (unpaired) electrons. The van der Waals surface area contributed by atoms with Crippen LogP contribution in [0.15, 0.2) is 91.5 Å². The van der Waals surface area contributed by atoms with Crippen molar-refractivity contribution in [3.8, 4) is 0 Å². The van der Waals surface area contributed by atoms with Gasteiger partial charge >= 0.3 is 0 Å². The van der Waals surface area contributed by atoms with E-state index in [1.165, 1.54) is 90.7 Å². The van der Waals surface area contributed by atoms with Crippen LogP contribution in [0.3, 0.4) is 0 Å². The highest BCUT2D eigenvalue weighted by atomic mass is 16.1. The van der Waals surface area contributed by atoms with Crippen molar-refractivity contribution in [2.45, 2.75) is 269 Å². The molecule has 15 aliphatic rings. The Kier molecular flexibility index (Phi) is 17.9. The fourth-order valence-electron chi connectivity index (χ4n) is 23.6. The first-order valence-corrected chi connectivity index (χ1v) is 36.1. The van der Waals surface area contributed by atoms with Gasteiger partial charge in [-0.3, -0.25) is 4.79 Å². The Hall–Kier alpha value is -3.45. The van der Waals surface area contributed by atoms with Crippen LogP contribution in [0, 0.1) is 110 Å². The van der Waals surface area contributed by atoms with Crippen molar-refractivity contribution in [3.63, 3.8) is 0 Å². The zero-order valence-corrected chi connectivity index (χ0v) is 56.8. The number of ketones is 1. The molecule has 0 N–H and O–H groups in total. The summed E-state index contributed by atoms with van der Waals surface area (Å²) in [5, 5.41) is 2.73. The number of carbonyl (C=O) groups is 1. The van der Waals surface area contributed by atoms with Gasteiger partial charge in [-0.25, -0.2) is 0 Å². The maximum atomic E-state index is 12.4. The summed E-state index contributed by atoms with van der Waals surface area (Å²) in [5.41, 5.74) is 11.4. The predicted octanol–water partition coefficient (Wildman–Crippen LogP) is 24.6. The Morgan fingerprint density at radius 3 is 1.29 bits per heavy atom. The lowest BCUT2D eigenvalue weighted by molar-refractivity contribution is -0.0876. The van der Waals surface area contributed by atoms with Gasteiger partial charge < -0.3 is 0 Å². The van der Waals surface area contributed by atoms with Crippen molar-refractivity contribution in [3.05, 3.63) is 125 Å². The summed E-state index contributed by atoms with van der Waals surface area (Å²) < 4.78 is 0. The quantitative estimate of drug-likeness (QED) is 0.171. The van der Waals surface area contributed by atoms with Crippen LogP contribution in [0.25, 0.3) is 16.3 Å². The summed E-state index contributed by atoms with van der Waals surface area (Å²) in [6, 6.07) is 28.9. The third-order valence-electron chi connectivity index (χ3n) is 28.5. The van der Waals surface area contributed by atoms with Crippen LogP contribution in [-0.4, -0.2) is 5.78 Å². The maximum Gasteiger partial charge on any atom is 0.193 e. The predicted molar refractivity (Wildman–Crippen MR) is 370 cm³/mol. The summed E-state index contributed by atoms with van der Waals surface area (Å²) in [7, 11) is 0. The van der Waals surface area contributed by atoms with Crippen LogP contribution in [0.1, 0.15) is 297 Å². The molecule has 0 spiro atoms. The van der Waals surface area contributed by atoms with Crippen LogP contribution < -0.4 is 0 Å². The fraction of sp³-hybridized carbons (Fsp3) is 0.706. The van der Waals surface area contributed by atoms with Gasteiger partial charge in [-0.05, 0) is 264 Å². The molecule has 10 bridgehead atoms. The van der Waals surface area contributed by atoms with Gasteiger partial charge in [-0.2, -0.15) is 0 Å². The molecule has 4 aromatic rings. The van der Waals surface area contributed by atoms with Gasteiger partial charge in [0.2, 0.25) is 0 Å². The molecule has 13 saturated carbocycles. The van der Waals surface area contributed by atoms with Gasteiger partial charge in [0.1, 0.15) is 0 Å². The standard InChI is InChI=1S/C16H14O.C15H14.3C12H20.C9H16.C8H16.CH4/c1-16(2)13-9-5-3-7-11(13)15(17)12-8-4-6-10-14(12)16;1-10-12-8-4-6-11-7-5-9-13(14(11)12)15(10,2)3;1-12(2)10-4-8-3-9(6-10)7-11(12)5-8;2*1-12(2)7-8-6-11(12)10-5-3-4-9(8)10;1-9(2)6-7-3-4-8(9)5-7;1-8(2)6-4-3-5-7-8;/h3-10H,1-2H3;4-9H,1H2,2-3H3;3*8-11H,3-7H2,1-2H3;7-8H,3-6H2,1-2H3;3-7H2,1-2H3;1H4. The van der Waals surface area contributed by atoms with E-state index in [4.69, 9.17) is 0 Å². The highest BCUT2D eigenvalue weighted by Gasteiger charge is 2.58. The molecule has 10 unspecified atom stereocenters. The van der Waals surface area contributed by atoms with Crippen LogP contribution in [0.4, 0.5) is 0 Å². The number of benzene rings is 4. The van der Waals surface area contributed by atoms with Gasteiger partial charge in [-0.15, -0.1) is 0 Å². The lowest BCUT2D eigenvalue weighted by Gasteiger charge is -2.59. The number of hydrogen-bond acceptors (Lipinski definition) is 1. The smallest absolute Gasteiger partial charge is 0.193 e. The molecular weight excluding hydrogens is 1040 g/mol. The topological polar surface area (TPSA) is 17.1 Å². The molecule has 86 heavy (non-hydrogen) atoms. The second-order valence-corrected chi connectivity index (χ2v) is 36.4. The molecule has 0 aliphatic heterocycles. The minimum atomic E-state index is -0.0961. The molecule has 0 amide bonds. The number of hydrogen-bond donors (Lipinski definition) is 0. The van der Waals surface area contributed by atoms with Crippen molar-refractivity contribution in [1.82, 2.24) is 0 Å². The Bertz CT molecular complexity index is 2910. The first kappa shape index (κ1) is 64.1. The zero-order valence-electron chi connectivity index (χ0n) is 56.8. The molecule has 1 nitrogen and oxygen atoms in total. The third kappa shape index (κ3) is 11.9. The molecule has 4 aromatic carbocycles. The van der Waals surface area contributed by atoms with Crippen molar-refractivity contribution in [2.24, 2.45) is 110 Å². The molecule has 0 heterocycles. The normalized spacial score (nSPS) is 36.4. The van der Waals surface area contributed by atoms with Gasteiger partial charge in [0.05, 0.1) is 0 Å². The van der Waals surface area contributed by atoms with Crippen molar-refractivity contribution in [1.29, 1.82) is 0 Å². The van der Waals surface area contributed by atoms with Crippen LogP contribution in [0.5, 0.6) is 0 Å². The minimum absolute atomic E-state index is 0. The van der Waals surface area contributed by atoms with Gasteiger partial charge in [0, 0.05) is 22.0 Å². The van der Waals surface area contributed by atoms with E-state index in [2.05, 4.69) is 152 Å².